The minimum atomic E-state index is 0.154. The van der Waals surface area contributed by atoms with E-state index in [9.17, 15) is 4.79 Å². The summed E-state index contributed by atoms with van der Waals surface area (Å²) in [6.45, 7) is 1.88. The van der Waals surface area contributed by atoms with Crippen LogP contribution in [0.2, 0.25) is 0 Å². The van der Waals surface area contributed by atoms with Crippen molar-refractivity contribution < 1.29 is 9.21 Å². The summed E-state index contributed by atoms with van der Waals surface area (Å²) in [5, 5.41) is 0. The number of Topliss-reactive ketones (excluding diaryl/α,β-unsaturated/α-hetero) is 1. The first-order chi connectivity index (χ1) is 8.25. The highest BCUT2D eigenvalue weighted by molar-refractivity contribution is 5.97. The lowest BCUT2D eigenvalue weighted by atomic mass is 9.96. The summed E-state index contributed by atoms with van der Waals surface area (Å²) in [6, 6.07) is 1.85. The number of nitrogens with zero attached hydrogens (tertiary/aromatic N) is 2. The van der Waals surface area contributed by atoms with E-state index < -0.39 is 0 Å². The molecule has 0 saturated carbocycles. The number of aryl methyl sites for hydroxylation is 2. The number of carbonyl (C=O) groups is 1. The first kappa shape index (κ1) is 10.2. The molecule has 1 aliphatic rings. The average molecular weight is 228 g/mol. The average Bonchev–Trinajstić information content (AvgIpc) is 2.75. The molecule has 0 aliphatic heterocycles. The van der Waals surface area contributed by atoms with E-state index in [1.165, 1.54) is 0 Å². The number of hydrogen-bond acceptors (Lipinski definition) is 4. The van der Waals surface area contributed by atoms with Gasteiger partial charge in [0, 0.05) is 12.6 Å². The molecule has 4 nitrogen and oxygen atoms in total. The van der Waals surface area contributed by atoms with Crippen molar-refractivity contribution >= 4 is 5.78 Å². The van der Waals surface area contributed by atoms with Crippen molar-refractivity contribution in [2.24, 2.45) is 0 Å². The molecule has 0 spiro atoms. The summed E-state index contributed by atoms with van der Waals surface area (Å²) < 4.78 is 5.24. The maximum Gasteiger partial charge on any atom is 0.166 e. The molecular weight excluding hydrogens is 216 g/mol. The second kappa shape index (κ2) is 3.80. The van der Waals surface area contributed by atoms with E-state index in [2.05, 4.69) is 9.97 Å². The fraction of sp³-hybridized carbons (Fsp3) is 0.308. The fourth-order valence-electron chi connectivity index (χ4n) is 2.14. The molecule has 0 atom stereocenters. The lowest BCUT2D eigenvalue weighted by Gasteiger charge is -2.13. The fourth-order valence-corrected chi connectivity index (χ4v) is 2.14. The Balaban J connectivity index is 2.10. The summed E-state index contributed by atoms with van der Waals surface area (Å²) >= 11 is 0. The van der Waals surface area contributed by atoms with Gasteiger partial charge in [0.2, 0.25) is 0 Å². The molecule has 0 radical (unpaired) electrons. The Hall–Kier alpha value is -1.97. The van der Waals surface area contributed by atoms with Crippen LogP contribution in [0.5, 0.6) is 0 Å². The number of carbonyl (C=O) groups excluding carboxylic acids is 1. The van der Waals surface area contributed by atoms with Crippen LogP contribution in [0.4, 0.5) is 0 Å². The highest BCUT2D eigenvalue weighted by atomic mass is 16.3. The SMILES string of the molecule is Cc1occc1-c1ncc2c(n1)CCCC2=O. The van der Waals surface area contributed by atoms with E-state index >= 15 is 0 Å². The highest BCUT2D eigenvalue weighted by Crippen LogP contribution is 2.24. The molecule has 2 heterocycles. The lowest BCUT2D eigenvalue weighted by Crippen LogP contribution is -2.13. The Bertz CT molecular complexity index is 587. The van der Waals surface area contributed by atoms with Gasteiger partial charge >= 0.3 is 0 Å². The Morgan fingerprint density at radius 2 is 2.18 bits per heavy atom. The monoisotopic (exact) mass is 228 g/mol. The minimum Gasteiger partial charge on any atom is -0.469 e. The number of rotatable bonds is 1. The minimum absolute atomic E-state index is 0.154. The number of ketones is 1. The van der Waals surface area contributed by atoms with Crippen molar-refractivity contribution in [2.45, 2.75) is 26.2 Å². The zero-order valence-corrected chi connectivity index (χ0v) is 9.56. The van der Waals surface area contributed by atoms with Crippen molar-refractivity contribution in [3.8, 4) is 11.4 Å². The van der Waals surface area contributed by atoms with Crippen LogP contribution in [0.1, 0.15) is 34.7 Å². The summed E-state index contributed by atoms with van der Waals surface area (Å²) in [4.78, 5) is 20.4. The number of hydrogen-bond donors (Lipinski definition) is 0. The first-order valence-corrected chi connectivity index (χ1v) is 5.69. The molecule has 1 aliphatic carbocycles. The number of furan rings is 1. The van der Waals surface area contributed by atoms with E-state index in [1.54, 1.807) is 12.5 Å². The molecule has 0 bridgehead atoms. The summed E-state index contributed by atoms with van der Waals surface area (Å²) in [5.41, 5.74) is 2.44. The van der Waals surface area contributed by atoms with Crippen LogP contribution in [0.25, 0.3) is 11.4 Å². The molecule has 3 rings (SSSR count). The Kier molecular flexibility index (Phi) is 2.28. The third-order valence-electron chi connectivity index (χ3n) is 3.09. The molecule has 2 aromatic heterocycles. The van der Waals surface area contributed by atoms with Gasteiger partial charge in [-0.3, -0.25) is 4.79 Å². The van der Waals surface area contributed by atoms with Gasteiger partial charge in [0.05, 0.1) is 23.1 Å². The number of fused-ring (bicyclic) bond motifs is 1. The van der Waals surface area contributed by atoms with Crippen molar-refractivity contribution in [1.82, 2.24) is 9.97 Å². The second-order valence-corrected chi connectivity index (χ2v) is 4.22. The largest absolute Gasteiger partial charge is 0.469 e. The molecule has 86 valence electrons. The van der Waals surface area contributed by atoms with Crippen molar-refractivity contribution in [1.29, 1.82) is 0 Å². The van der Waals surface area contributed by atoms with E-state index in [0.29, 0.717) is 17.8 Å². The van der Waals surface area contributed by atoms with E-state index in [-0.39, 0.29) is 5.78 Å². The quantitative estimate of drug-likeness (QED) is 0.752. The predicted molar refractivity (Wildman–Crippen MR) is 61.7 cm³/mol. The van der Waals surface area contributed by atoms with Gasteiger partial charge in [0.25, 0.3) is 0 Å². The molecule has 0 aromatic carbocycles. The van der Waals surface area contributed by atoms with Crippen LogP contribution in [0.15, 0.2) is 22.9 Å². The van der Waals surface area contributed by atoms with Crippen molar-refractivity contribution in [2.75, 3.05) is 0 Å². The lowest BCUT2D eigenvalue weighted by molar-refractivity contribution is 0.0971. The standard InChI is InChI=1S/C13H12N2O2/c1-8-9(5-6-17-8)13-14-7-10-11(15-13)3-2-4-12(10)16/h5-7H,2-4H2,1H3. The second-order valence-electron chi connectivity index (χ2n) is 4.22. The van der Waals surface area contributed by atoms with E-state index in [4.69, 9.17) is 4.42 Å². The summed E-state index contributed by atoms with van der Waals surface area (Å²) in [5.74, 6) is 1.60. The third kappa shape index (κ3) is 1.65. The van der Waals surface area contributed by atoms with Crippen LogP contribution in [0.3, 0.4) is 0 Å². The van der Waals surface area contributed by atoms with Gasteiger partial charge in [-0.2, -0.15) is 0 Å². The molecule has 0 unspecified atom stereocenters. The van der Waals surface area contributed by atoms with Gasteiger partial charge in [-0.15, -0.1) is 0 Å². The zero-order valence-electron chi connectivity index (χ0n) is 9.56. The van der Waals surface area contributed by atoms with Gasteiger partial charge < -0.3 is 4.42 Å². The van der Waals surface area contributed by atoms with Crippen LogP contribution >= 0.6 is 0 Å². The molecule has 17 heavy (non-hydrogen) atoms. The third-order valence-corrected chi connectivity index (χ3v) is 3.09. The van der Waals surface area contributed by atoms with Crippen molar-refractivity contribution in [3.63, 3.8) is 0 Å². The highest BCUT2D eigenvalue weighted by Gasteiger charge is 2.20. The molecular formula is C13H12N2O2. The topological polar surface area (TPSA) is 56.0 Å². The van der Waals surface area contributed by atoms with E-state index in [0.717, 1.165) is 29.9 Å². The van der Waals surface area contributed by atoms with Gasteiger partial charge in [-0.25, -0.2) is 9.97 Å². The van der Waals surface area contributed by atoms with Gasteiger partial charge in [-0.1, -0.05) is 0 Å². The Labute approximate surface area is 98.7 Å². The molecule has 2 aromatic rings. The molecule has 4 heteroatoms. The van der Waals surface area contributed by atoms with Crippen LogP contribution in [-0.4, -0.2) is 15.8 Å². The van der Waals surface area contributed by atoms with Crippen LogP contribution in [0, 0.1) is 6.92 Å². The normalized spacial score (nSPS) is 14.8. The van der Waals surface area contributed by atoms with Gasteiger partial charge in [0.1, 0.15) is 5.76 Å². The summed E-state index contributed by atoms with van der Waals surface area (Å²) in [7, 11) is 0. The molecule has 0 saturated heterocycles. The Morgan fingerprint density at radius 1 is 1.29 bits per heavy atom. The van der Waals surface area contributed by atoms with Crippen LogP contribution < -0.4 is 0 Å². The smallest absolute Gasteiger partial charge is 0.166 e. The maximum absolute atomic E-state index is 11.7. The van der Waals surface area contributed by atoms with Gasteiger partial charge in [-0.05, 0) is 25.8 Å². The van der Waals surface area contributed by atoms with Gasteiger partial charge in [0.15, 0.2) is 11.6 Å². The van der Waals surface area contributed by atoms with Crippen LogP contribution in [-0.2, 0) is 6.42 Å². The molecule has 0 amide bonds. The maximum atomic E-state index is 11.7. The first-order valence-electron chi connectivity index (χ1n) is 5.69. The predicted octanol–water partition coefficient (Wildman–Crippen LogP) is 2.56. The molecule has 0 N–H and O–H groups in total. The number of aromatic nitrogens is 2. The Morgan fingerprint density at radius 3 is 2.94 bits per heavy atom. The van der Waals surface area contributed by atoms with E-state index in [1.807, 2.05) is 13.0 Å². The van der Waals surface area contributed by atoms with Crippen molar-refractivity contribution in [3.05, 3.63) is 35.5 Å². The summed E-state index contributed by atoms with van der Waals surface area (Å²) in [6.07, 6.45) is 5.62. The molecule has 0 fully saturated rings. The zero-order chi connectivity index (χ0) is 11.8.